The first-order chi connectivity index (χ1) is 4.86. The predicted molar refractivity (Wildman–Crippen MR) is 49.9 cm³/mol. The third-order valence-corrected chi connectivity index (χ3v) is 1.35. The second-order valence-corrected chi connectivity index (χ2v) is 2.13. The summed E-state index contributed by atoms with van der Waals surface area (Å²) in [6, 6.07) is 0. The Kier molecular flexibility index (Phi) is 4.46. The summed E-state index contributed by atoms with van der Waals surface area (Å²) >= 11 is 0. The smallest absolute Gasteiger partial charge is 0.0977 e. The summed E-state index contributed by atoms with van der Waals surface area (Å²) in [6.07, 6.45) is 9.85. The van der Waals surface area contributed by atoms with E-state index in [9.17, 15) is 0 Å². The molecule has 0 saturated carbocycles. The summed E-state index contributed by atoms with van der Waals surface area (Å²) < 4.78 is 0. The molecule has 1 aliphatic heterocycles. The zero-order valence-corrected chi connectivity index (χ0v) is 7.42. The number of halogens is 1. The molecule has 1 heterocycles. The van der Waals surface area contributed by atoms with Gasteiger partial charge in [0.25, 0.3) is 0 Å². The molecule has 11 heavy (non-hydrogen) atoms. The Morgan fingerprint density at radius 1 is 1.36 bits per heavy atom. The minimum absolute atomic E-state index is 0. The molecular formula is C8H13ClN2. The van der Waals surface area contributed by atoms with E-state index in [0.29, 0.717) is 0 Å². The van der Waals surface area contributed by atoms with Gasteiger partial charge in [0.1, 0.15) is 0 Å². The van der Waals surface area contributed by atoms with Gasteiger partial charge in [0.05, 0.1) is 6.67 Å². The van der Waals surface area contributed by atoms with E-state index in [1.807, 2.05) is 36.5 Å². The van der Waals surface area contributed by atoms with Crippen LogP contribution in [0.5, 0.6) is 0 Å². The lowest BCUT2D eigenvalue weighted by Gasteiger charge is -2.13. The van der Waals surface area contributed by atoms with Crippen molar-refractivity contribution in [2.24, 2.45) is 0 Å². The van der Waals surface area contributed by atoms with Crippen LogP contribution in [0.2, 0.25) is 0 Å². The number of allylic oxidation sites excluding steroid dienone is 1. The monoisotopic (exact) mass is 172 g/mol. The highest BCUT2D eigenvalue weighted by Crippen LogP contribution is 2.05. The van der Waals surface area contributed by atoms with Crippen molar-refractivity contribution in [1.29, 1.82) is 0 Å². The van der Waals surface area contributed by atoms with Gasteiger partial charge in [0.2, 0.25) is 0 Å². The van der Waals surface area contributed by atoms with Crippen molar-refractivity contribution in [3.8, 4) is 0 Å². The first-order valence-corrected chi connectivity index (χ1v) is 3.32. The van der Waals surface area contributed by atoms with Gasteiger partial charge in [-0.2, -0.15) is 0 Å². The van der Waals surface area contributed by atoms with E-state index in [-0.39, 0.29) is 12.4 Å². The molecule has 0 aromatic carbocycles. The molecule has 1 aliphatic rings. The number of hydrogen-bond acceptors (Lipinski definition) is 2. The lowest BCUT2D eigenvalue weighted by molar-refractivity contribution is 0.392. The summed E-state index contributed by atoms with van der Waals surface area (Å²) in [5, 5.41) is 0. The summed E-state index contributed by atoms with van der Waals surface area (Å²) in [5.74, 6) is 0. The van der Waals surface area contributed by atoms with Crippen LogP contribution in [-0.4, -0.2) is 16.5 Å². The van der Waals surface area contributed by atoms with Crippen molar-refractivity contribution in [2.45, 2.75) is 6.92 Å². The fourth-order valence-electron chi connectivity index (χ4n) is 0.861. The van der Waals surface area contributed by atoms with Gasteiger partial charge in [-0.25, -0.2) is 0 Å². The number of rotatable bonds is 2. The van der Waals surface area contributed by atoms with Crippen molar-refractivity contribution < 1.29 is 0 Å². The average Bonchev–Trinajstić information content (AvgIpc) is 2.37. The van der Waals surface area contributed by atoms with Crippen LogP contribution in [0.4, 0.5) is 0 Å². The van der Waals surface area contributed by atoms with Crippen LogP contribution in [-0.2, 0) is 0 Å². The van der Waals surface area contributed by atoms with E-state index in [1.165, 1.54) is 0 Å². The SMILES string of the molecule is C=CN1C=CN(C=CC)C1.Cl. The highest BCUT2D eigenvalue weighted by atomic mass is 35.5. The molecule has 0 atom stereocenters. The first kappa shape index (κ1) is 10.1. The van der Waals surface area contributed by atoms with Crippen LogP contribution in [0.1, 0.15) is 6.92 Å². The molecule has 0 bridgehead atoms. The standard InChI is InChI=1S/C8H12N2.ClH/c1-3-5-10-7-6-9(4-2)8-10;/h3-7H,2,8H2,1H3;1H. The van der Waals surface area contributed by atoms with Gasteiger partial charge in [0, 0.05) is 18.6 Å². The first-order valence-electron chi connectivity index (χ1n) is 3.32. The quantitative estimate of drug-likeness (QED) is 0.630. The van der Waals surface area contributed by atoms with Crippen LogP contribution < -0.4 is 0 Å². The summed E-state index contributed by atoms with van der Waals surface area (Å²) in [4.78, 5) is 4.10. The van der Waals surface area contributed by atoms with Gasteiger partial charge in [-0.1, -0.05) is 12.7 Å². The number of hydrogen-bond donors (Lipinski definition) is 0. The van der Waals surface area contributed by atoms with Gasteiger partial charge in [-0.15, -0.1) is 12.4 Å². The molecule has 0 unspecified atom stereocenters. The molecule has 0 aromatic heterocycles. The average molecular weight is 173 g/mol. The zero-order valence-electron chi connectivity index (χ0n) is 6.60. The second-order valence-electron chi connectivity index (χ2n) is 2.13. The van der Waals surface area contributed by atoms with Gasteiger partial charge in [0.15, 0.2) is 0 Å². The maximum Gasteiger partial charge on any atom is 0.0977 e. The molecule has 3 heteroatoms. The fraction of sp³-hybridized carbons (Fsp3) is 0.250. The van der Waals surface area contributed by atoms with E-state index >= 15 is 0 Å². The minimum atomic E-state index is 0. The van der Waals surface area contributed by atoms with Gasteiger partial charge in [-0.3, -0.25) is 0 Å². The lowest BCUT2D eigenvalue weighted by atomic mass is 10.6. The van der Waals surface area contributed by atoms with E-state index in [4.69, 9.17) is 0 Å². The Hall–Kier alpha value is -0.890. The molecule has 0 amide bonds. The Morgan fingerprint density at radius 3 is 2.45 bits per heavy atom. The van der Waals surface area contributed by atoms with Gasteiger partial charge in [-0.05, 0) is 13.1 Å². The minimum Gasteiger partial charge on any atom is -0.335 e. The van der Waals surface area contributed by atoms with Crippen molar-refractivity contribution in [3.63, 3.8) is 0 Å². The van der Waals surface area contributed by atoms with Crippen molar-refractivity contribution in [1.82, 2.24) is 9.80 Å². The van der Waals surface area contributed by atoms with E-state index in [1.54, 1.807) is 6.20 Å². The molecule has 62 valence electrons. The number of nitrogens with zero attached hydrogens (tertiary/aromatic N) is 2. The third-order valence-electron chi connectivity index (χ3n) is 1.35. The highest BCUT2D eigenvalue weighted by Gasteiger charge is 2.04. The second kappa shape index (κ2) is 4.85. The van der Waals surface area contributed by atoms with Crippen LogP contribution >= 0.6 is 12.4 Å². The van der Waals surface area contributed by atoms with E-state index in [2.05, 4.69) is 11.5 Å². The normalized spacial score (nSPS) is 15.7. The molecule has 0 saturated heterocycles. The molecule has 0 spiro atoms. The molecule has 0 aromatic rings. The lowest BCUT2D eigenvalue weighted by Crippen LogP contribution is -2.16. The zero-order chi connectivity index (χ0) is 7.40. The largest absolute Gasteiger partial charge is 0.335 e. The molecule has 0 N–H and O–H groups in total. The molecule has 1 rings (SSSR count). The molecule has 0 aliphatic carbocycles. The third kappa shape index (κ3) is 2.68. The highest BCUT2D eigenvalue weighted by molar-refractivity contribution is 5.85. The van der Waals surface area contributed by atoms with Crippen LogP contribution in [0.15, 0.2) is 37.5 Å². The summed E-state index contributed by atoms with van der Waals surface area (Å²) in [5.41, 5.74) is 0. The van der Waals surface area contributed by atoms with Gasteiger partial charge < -0.3 is 9.80 Å². The predicted octanol–water partition coefficient (Wildman–Crippen LogP) is 2.13. The summed E-state index contributed by atoms with van der Waals surface area (Å²) in [6.45, 7) is 6.55. The van der Waals surface area contributed by atoms with Crippen molar-refractivity contribution in [2.75, 3.05) is 6.67 Å². The Morgan fingerprint density at radius 2 is 2.00 bits per heavy atom. The van der Waals surface area contributed by atoms with Crippen molar-refractivity contribution in [3.05, 3.63) is 37.5 Å². The topological polar surface area (TPSA) is 6.48 Å². The molecule has 2 nitrogen and oxygen atoms in total. The van der Waals surface area contributed by atoms with Crippen LogP contribution in [0.3, 0.4) is 0 Å². The Labute approximate surface area is 73.9 Å². The maximum absolute atomic E-state index is 3.66. The van der Waals surface area contributed by atoms with Crippen LogP contribution in [0, 0.1) is 0 Å². The molecule has 0 radical (unpaired) electrons. The maximum atomic E-state index is 3.66. The van der Waals surface area contributed by atoms with E-state index in [0.717, 1.165) is 6.67 Å². The molecular weight excluding hydrogens is 160 g/mol. The van der Waals surface area contributed by atoms with Crippen molar-refractivity contribution >= 4 is 12.4 Å². The fourth-order valence-corrected chi connectivity index (χ4v) is 0.861. The van der Waals surface area contributed by atoms with Gasteiger partial charge >= 0.3 is 0 Å². The Balaban J connectivity index is 0.000001000. The summed E-state index contributed by atoms with van der Waals surface area (Å²) in [7, 11) is 0. The molecule has 0 fully saturated rings. The Bertz CT molecular complexity index is 175. The van der Waals surface area contributed by atoms with E-state index < -0.39 is 0 Å². The van der Waals surface area contributed by atoms with Crippen LogP contribution in [0.25, 0.3) is 0 Å².